The first kappa shape index (κ1) is 19.1. The molecule has 0 bridgehead atoms. The summed E-state index contributed by atoms with van der Waals surface area (Å²) in [5.74, 6) is -0.170. The lowest BCUT2D eigenvalue weighted by molar-refractivity contribution is -0.118. The second-order valence-electron chi connectivity index (χ2n) is 6.69. The van der Waals surface area contributed by atoms with Gasteiger partial charge in [0, 0.05) is 42.5 Å². The molecule has 1 saturated heterocycles. The summed E-state index contributed by atoms with van der Waals surface area (Å²) in [5.41, 5.74) is 5.53. The minimum absolute atomic E-state index is 0.170. The van der Waals surface area contributed by atoms with Crippen molar-refractivity contribution in [3.05, 3.63) is 65.2 Å². The molecule has 1 unspecified atom stereocenters. The van der Waals surface area contributed by atoms with Gasteiger partial charge in [0.05, 0.1) is 0 Å². The fourth-order valence-corrected chi connectivity index (χ4v) is 4.50. The number of hydrogen-bond donors (Lipinski definition) is 2. The fraction of sp³-hybridized carbons (Fsp3) is 0.300. The van der Waals surface area contributed by atoms with Crippen molar-refractivity contribution in [1.82, 2.24) is 15.6 Å². The maximum atomic E-state index is 12.8. The van der Waals surface area contributed by atoms with Crippen LogP contribution >= 0.6 is 23.4 Å². The number of amides is 1. The van der Waals surface area contributed by atoms with E-state index >= 15 is 0 Å². The molecule has 2 N–H and O–H groups in total. The largest absolute Gasteiger partial charge is 0.369 e. The van der Waals surface area contributed by atoms with E-state index in [1.807, 2.05) is 54.8 Å². The highest BCUT2D eigenvalue weighted by Gasteiger charge is 2.43. The number of benzene rings is 2. The van der Waals surface area contributed by atoms with Gasteiger partial charge in [0.25, 0.3) is 5.91 Å². The van der Waals surface area contributed by atoms with Crippen molar-refractivity contribution in [2.45, 2.75) is 5.12 Å². The Hall–Kier alpha value is -2.22. The van der Waals surface area contributed by atoms with Crippen LogP contribution in [0, 0.1) is 0 Å². The molecule has 2 aliphatic heterocycles. The van der Waals surface area contributed by atoms with E-state index in [4.69, 9.17) is 11.6 Å². The van der Waals surface area contributed by atoms with E-state index in [2.05, 4.69) is 31.7 Å². The zero-order valence-corrected chi connectivity index (χ0v) is 17.1. The summed E-state index contributed by atoms with van der Waals surface area (Å²) in [6.45, 7) is 3.26. The number of nitrogens with one attached hydrogen (secondary N) is 2. The lowest BCUT2D eigenvalue weighted by atomic mass is 10.1. The van der Waals surface area contributed by atoms with Crippen LogP contribution in [-0.2, 0) is 4.79 Å². The molecule has 0 spiro atoms. The van der Waals surface area contributed by atoms with Crippen LogP contribution in [0.3, 0.4) is 0 Å². The van der Waals surface area contributed by atoms with Gasteiger partial charge in [-0.3, -0.25) is 10.2 Å². The minimum Gasteiger partial charge on any atom is -0.369 e. The first-order valence-corrected chi connectivity index (χ1v) is 10.7. The predicted molar refractivity (Wildman–Crippen MR) is 116 cm³/mol. The standard InChI is InChI=1S/C20H22ClN5OS/c1-28-20(22-19(27)18(23-24-20)15-6-3-2-4-7-15)26-12-10-25(11-13-26)17-9-5-8-16(21)14-17/h2-9,14,24H,10-13H2,1H3,(H,22,27). The Bertz CT molecular complexity index is 885. The van der Waals surface area contributed by atoms with Crippen LogP contribution in [0.15, 0.2) is 59.7 Å². The van der Waals surface area contributed by atoms with E-state index in [0.717, 1.165) is 42.5 Å². The third kappa shape index (κ3) is 3.70. The summed E-state index contributed by atoms with van der Waals surface area (Å²) in [7, 11) is 0. The third-order valence-corrected chi connectivity index (χ3v) is 6.34. The number of anilines is 1. The molecule has 146 valence electrons. The van der Waals surface area contributed by atoms with Crippen molar-refractivity contribution in [3.8, 4) is 0 Å². The van der Waals surface area contributed by atoms with Gasteiger partial charge in [-0.2, -0.15) is 5.10 Å². The summed E-state index contributed by atoms with van der Waals surface area (Å²) >= 11 is 7.66. The number of hydrazone groups is 1. The molecule has 6 nitrogen and oxygen atoms in total. The maximum Gasteiger partial charge on any atom is 0.275 e. The van der Waals surface area contributed by atoms with Crippen LogP contribution < -0.4 is 15.6 Å². The number of piperazine rings is 1. The number of carbonyl (C=O) groups excluding carboxylic acids is 1. The van der Waals surface area contributed by atoms with Crippen LogP contribution in [0.5, 0.6) is 0 Å². The number of halogens is 1. The smallest absolute Gasteiger partial charge is 0.275 e. The highest BCUT2D eigenvalue weighted by Crippen LogP contribution is 2.28. The molecule has 0 aliphatic carbocycles. The molecule has 2 aromatic carbocycles. The van der Waals surface area contributed by atoms with Gasteiger partial charge in [-0.05, 0) is 24.5 Å². The molecule has 0 aromatic heterocycles. The van der Waals surface area contributed by atoms with Crippen molar-refractivity contribution in [1.29, 1.82) is 0 Å². The lowest BCUT2D eigenvalue weighted by Crippen LogP contribution is -2.71. The van der Waals surface area contributed by atoms with Gasteiger partial charge in [-0.25, -0.2) is 4.90 Å². The Morgan fingerprint density at radius 2 is 1.82 bits per heavy atom. The quantitative estimate of drug-likeness (QED) is 0.803. The van der Waals surface area contributed by atoms with E-state index in [1.165, 1.54) is 11.8 Å². The summed E-state index contributed by atoms with van der Waals surface area (Å²) in [5, 5.41) is 7.56. The van der Waals surface area contributed by atoms with E-state index in [1.54, 1.807) is 0 Å². The maximum absolute atomic E-state index is 12.8. The number of rotatable bonds is 4. The topological polar surface area (TPSA) is 60.0 Å². The Labute approximate surface area is 173 Å². The monoisotopic (exact) mass is 415 g/mol. The van der Waals surface area contributed by atoms with Crippen LogP contribution in [-0.4, -0.2) is 54.1 Å². The van der Waals surface area contributed by atoms with Crippen molar-refractivity contribution < 1.29 is 4.79 Å². The zero-order valence-electron chi connectivity index (χ0n) is 15.6. The molecule has 28 heavy (non-hydrogen) atoms. The molecule has 1 fully saturated rings. The van der Waals surface area contributed by atoms with Crippen molar-refractivity contribution in [2.75, 3.05) is 37.3 Å². The molecule has 1 amide bonds. The molecule has 2 heterocycles. The molecule has 2 aliphatic rings. The zero-order chi connectivity index (χ0) is 19.6. The average molecular weight is 416 g/mol. The average Bonchev–Trinajstić information content (AvgIpc) is 2.74. The molecule has 1 atom stereocenters. The predicted octanol–water partition coefficient (Wildman–Crippen LogP) is 2.56. The Morgan fingerprint density at radius 1 is 1.07 bits per heavy atom. The fourth-order valence-electron chi connectivity index (χ4n) is 3.54. The van der Waals surface area contributed by atoms with Gasteiger partial charge in [0.15, 0.2) is 5.71 Å². The van der Waals surface area contributed by atoms with E-state index in [-0.39, 0.29) is 5.91 Å². The highest BCUT2D eigenvalue weighted by molar-refractivity contribution is 7.99. The highest BCUT2D eigenvalue weighted by atomic mass is 35.5. The molecular formula is C20H22ClN5OS. The third-order valence-electron chi connectivity index (χ3n) is 5.06. The number of nitrogens with zero attached hydrogens (tertiary/aromatic N) is 3. The van der Waals surface area contributed by atoms with Gasteiger partial charge in [0.1, 0.15) is 0 Å². The van der Waals surface area contributed by atoms with Crippen LogP contribution in [0.25, 0.3) is 0 Å². The molecule has 4 rings (SSSR count). The summed E-state index contributed by atoms with van der Waals surface area (Å²) < 4.78 is 0. The lowest BCUT2D eigenvalue weighted by Gasteiger charge is -2.47. The summed E-state index contributed by atoms with van der Waals surface area (Å²) in [4.78, 5) is 17.3. The molecule has 0 radical (unpaired) electrons. The number of thioether (sulfide) groups is 1. The van der Waals surface area contributed by atoms with Crippen LogP contribution in [0.1, 0.15) is 5.56 Å². The van der Waals surface area contributed by atoms with Crippen molar-refractivity contribution in [3.63, 3.8) is 0 Å². The van der Waals surface area contributed by atoms with E-state index in [9.17, 15) is 4.79 Å². The van der Waals surface area contributed by atoms with Crippen molar-refractivity contribution >= 4 is 40.7 Å². The molecular weight excluding hydrogens is 394 g/mol. The van der Waals surface area contributed by atoms with Crippen LogP contribution in [0.4, 0.5) is 5.69 Å². The summed E-state index contributed by atoms with van der Waals surface area (Å²) in [6, 6.07) is 17.4. The Balaban J connectivity index is 1.48. The first-order valence-electron chi connectivity index (χ1n) is 9.15. The van der Waals surface area contributed by atoms with E-state index in [0.29, 0.717) is 5.71 Å². The van der Waals surface area contributed by atoms with Gasteiger partial charge in [-0.1, -0.05) is 59.8 Å². The second-order valence-corrected chi connectivity index (χ2v) is 8.13. The van der Waals surface area contributed by atoms with Crippen molar-refractivity contribution in [2.24, 2.45) is 5.10 Å². The first-order chi connectivity index (χ1) is 13.6. The van der Waals surface area contributed by atoms with E-state index < -0.39 is 5.12 Å². The van der Waals surface area contributed by atoms with Crippen LogP contribution in [0.2, 0.25) is 5.02 Å². The molecule has 8 heteroatoms. The van der Waals surface area contributed by atoms with Gasteiger partial charge < -0.3 is 10.2 Å². The second kappa shape index (κ2) is 8.03. The summed E-state index contributed by atoms with van der Waals surface area (Å²) in [6.07, 6.45) is 1.97. The SMILES string of the molecule is CSC1(N2CCN(c3cccc(Cl)c3)CC2)NN=C(c2ccccc2)C(=O)N1. The van der Waals surface area contributed by atoms with Gasteiger partial charge in [-0.15, -0.1) is 0 Å². The molecule has 0 saturated carbocycles. The Morgan fingerprint density at radius 3 is 2.46 bits per heavy atom. The number of hydrogen-bond acceptors (Lipinski definition) is 6. The number of carbonyl (C=O) groups is 1. The minimum atomic E-state index is -0.740. The van der Waals surface area contributed by atoms with Gasteiger partial charge >= 0.3 is 0 Å². The molecule has 2 aromatic rings. The Kier molecular flexibility index (Phi) is 5.48. The normalized spacial score (nSPS) is 23.0. The van der Waals surface area contributed by atoms with Gasteiger partial charge in [0.2, 0.25) is 5.12 Å².